The molecule has 0 unspecified atom stereocenters. The number of likely N-dealkylation sites (tertiary alicyclic amines) is 1. The van der Waals surface area contributed by atoms with Gasteiger partial charge in [-0.3, -0.25) is 4.79 Å². The van der Waals surface area contributed by atoms with Crippen LogP contribution in [-0.2, 0) is 14.6 Å². The minimum atomic E-state index is -3.33. The van der Waals surface area contributed by atoms with Gasteiger partial charge in [-0.2, -0.15) is 0 Å². The van der Waals surface area contributed by atoms with E-state index in [2.05, 4.69) is 17.4 Å². The molecule has 1 aromatic carbocycles. The molecule has 1 fully saturated rings. The second-order valence-corrected chi connectivity index (χ2v) is 9.75. The van der Waals surface area contributed by atoms with Gasteiger partial charge in [-0.15, -0.1) is 0 Å². The summed E-state index contributed by atoms with van der Waals surface area (Å²) in [6, 6.07) is 4.41. The van der Waals surface area contributed by atoms with Crippen molar-refractivity contribution in [2.75, 3.05) is 18.8 Å². The van der Waals surface area contributed by atoms with E-state index < -0.39 is 9.84 Å². The van der Waals surface area contributed by atoms with E-state index in [0.29, 0.717) is 30.0 Å². The highest BCUT2D eigenvalue weighted by Crippen LogP contribution is 2.35. The van der Waals surface area contributed by atoms with Crippen molar-refractivity contribution in [3.05, 3.63) is 24.1 Å². The zero-order valence-corrected chi connectivity index (χ0v) is 17.7. The van der Waals surface area contributed by atoms with Crippen molar-refractivity contribution in [1.29, 1.82) is 0 Å². The maximum Gasteiger partial charge on any atom is 0.227 e. The summed E-state index contributed by atoms with van der Waals surface area (Å²) in [7, 11) is -3.33. The number of aromatic nitrogens is 1. The number of fused-ring (bicyclic) bond motifs is 1. The van der Waals surface area contributed by atoms with Crippen LogP contribution in [0.15, 0.2) is 27.5 Å². The molecule has 2 heterocycles. The van der Waals surface area contributed by atoms with Crippen LogP contribution in [0.2, 0.25) is 0 Å². The molecule has 160 valence electrons. The Bertz CT molecular complexity index is 956. The molecule has 0 aliphatic carbocycles. The van der Waals surface area contributed by atoms with Crippen LogP contribution in [0.3, 0.4) is 0 Å². The summed E-state index contributed by atoms with van der Waals surface area (Å²) >= 11 is 0. The summed E-state index contributed by atoms with van der Waals surface area (Å²) in [6.45, 7) is 4.50. The molecule has 1 aromatic heterocycles. The van der Waals surface area contributed by atoms with Crippen LogP contribution in [0, 0.1) is 5.92 Å². The Morgan fingerprint density at radius 3 is 2.90 bits per heavy atom. The number of hydrogen-bond donors (Lipinski definition) is 2. The second-order valence-electron chi connectivity index (χ2n) is 7.48. The van der Waals surface area contributed by atoms with E-state index in [1.807, 2.05) is 0 Å². The van der Waals surface area contributed by atoms with Gasteiger partial charge in [0.2, 0.25) is 11.8 Å². The lowest BCUT2D eigenvalue weighted by Crippen LogP contribution is -2.39. The number of sulfone groups is 1. The Labute approximate surface area is 171 Å². The number of nitrogens with one attached hydrogen (secondary N) is 1. The maximum absolute atomic E-state index is 13.1. The molecule has 0 radical (unpaired) electrons. The number of oxazole rings is 1. The first-order valence-electron chi connectivity index (χ1n) is 10.2. The van der Waals surface area contributed by atoms with Crippen molar-refractivity contribution >= 4 is 26.8 Å². The maximum atomic E-state index is 13.1. The number of unbranched alkanes of at least 4 members (excludes halogenated alkanes) is 1. The molecule has 9 heteroatoms. The van der Waals surface area contributed by atoms with E-state index in [4.69, 9.17) is 9.62 Å². The fraction of sp³-hybridized carbons (Fsp3) is 0.600. The van der Waals surface area contributed by atoms with Crippen LogP contribution in [0.5, 0.6) is 0 Å². The molecule has 2 atom stereocenters. The first-order valence-corrected chi connectivity index (χ1v) is 11.9. The van der Waals surface area contributed by atoms with Gasteiger partial charge in [0, 0.05) is 13.1 Å². The minimum absolute atomic E-state index is 0.0148. The number of amides is 1. The van der Waals surface area contributed by atoms with Crippen molar-refractivity contribution in [3.8, 4) is 0 Å². The van der Waals surface area contributed by atoms with Crippen LogP contribution in [0.4, 0.5) is 0 Å². The lowest BCUT2D eigenvalue weighted by atomic mass is 10.00. The summed E-state index contributed by atoms with van der Waals surface area (Å²) in [5.41, 5.74) is 3.13. The highest BCUT2D eigenvalue weighted by molar-refractivity contribution is 7.91. The standard InChI is InChI=1S/C20H29N3O5S/c1-3-5-7-14(13-21-25)20(24)23-11-6-8-17(23)19-22-16-12-15(29(26,27)4-2)9-10-18(16)28-19/h9-10,12,14,17,21,25H,3-8,11,13H2,1-2H3/t14-,17+/m1/s1. The quantitative estimate of drug-likeness (QED) is 0.596. The Kier molecular flexibility index (Phi) is 6.92. The van der Waals surface area contributed by atoms with E-state index >= 15 is 0 Å². The highest BCUT2D eigenvalue weighted by atomic mass is 32.2. The molecule has 1 aliphatic rings. The van der Waals surface area contributed by atoms with Crippen molar-refractivity contribution in [1.82, 2.24) is 15.4 Å². The Hall–Kier alpha value is -1.97. The van der Waals surface area contributed by atoms with E-state index in [9.17, 15) is 13.2 Å². The van der Waals surface area contributed by atoms with Crippen LogP contribution < -0.4 is 5.48 Å². The molecule has 1 amide bonds. The lowest BCUT2D eigenvalue weighted by molar-refractivity contribution is -0.137. The van der Waals surface area contributed by atoms with Crippen LogP contribution in [0.1, 0.15) is 57.9 Å². The third kappa shape index (κ3) is 4.62. The van der Waals surface area contributed by atoms with Gasteiger partial charge in [0.15, 0.2) is 15.4 Å². The van der Waals surface area contributed by atoms with Crippen LogP contribution >= 0.6 is 0 Å². The molecule has 1 saturated heterocycles. The molecule has 29 heavy (non-hydrogen) atoms. The summed E-state index contributed by atoms with van der Waals surface area (Å²) < 4.78 is 30.2. The van der Waals surface area contributed by atoms with Crippen molar-refractivity contribution in [2.45, 2.75) is 56.9 Å². The van der Waals surface area contributed by atoms with Gasteiger partial charge in [0.05, 0.1) is 16.6 Å². The smallest absolute Gasteiger partial charge is 0.227 e. The van der Waals surface area contributed by atoms with E-state index in [0.717, 1.165) is 25.7 Å². The van der Waals surface area contributed by atoms with Crippen molar-refractivity contribution in [2.24, 2.45) is 5.92 Å². The van der Waals surface area contributed by atoms with Crippen LogP contribution in [0.25, 0.3) is 11.1 Å². The zero-order chi connectivity index (χ0) is 21.0. The molecule has 2 N–H and O–H groups in total. The van der Waals surface area contributed by atoms with Gasteiger partial charge in [-0.1, -0.05) is 26.7 Å². The molecular formula is C20H29N3O5S. The molecule has 0 saturated carbocycles. The number of hydrogen-bond acceptors (Lipinski definition) is 7. The normalized spacial score (nSPS) is 18.4. The molecule has 0 bridgehead atoms. The molecule has 3 rings (SSSR count). The van der Waals surface area contributed by atoms with E-state index in [-0.39, 0.29) is 35.1 Å². The fourth-order valence-electron chi connectivity index (χ4n) is 3.82. The summed E-state index contributed by atoms with van der Waals surface area (Å²) in [5.74, 6) is 0.139. The summed E-state index contributed by atoms with van der Waals surface area (Å²) in [4.78, 5) is 19.6. The molecule has 1 aliphatic heterocycles. The predicted molar refractivity (Wildman–Crippen MR) is 108 cm³/mol. The number of rotatable bonds is 9. The first-order chi connectivity index (χ1) is 13.9. The van der Waals surface area contributed by atoms with Gasteiger partial charge in [0.25, 0.3) is 0 Å². The molecular weight excluding hydrogens is 394 g/mol. The van der Waals surface area contributed by atoms with Gasteiger partial charge in [-0.25, -0.2) is 18.9 Å². The third-order valence-corrected chi connectivity index (χ3v) is 7.26. The second kappa shape index (κ2) is 9.23. The number of carbonyl (C=O) groups excluding carboxylic acids is 1. The summed E-state index contributed by atoms with van der Waals surface area (Å²) in [5, 5.41) is 9.12. The Balaban J connectivity index is 1.86. The Morgan fingerprint density at radius 2 is 2.21 bits per heavy atom. The molecule has 2 aromatic rings. The third-order valence-electron chi connectivity index (χ3n) is 5.53. The highest BCUT2D eigenvalue weighted by Gasteiger charge is 2.36. The van der Waals surface area contributed by atoms with E-state index in [1.54, 1.807) is 17.9 Å². The summed E-state index contributed by atoms with van der Waals surface area (Å²) in [6.07, 6.45) is 4.18. The van der Waals surface area contributed by atoms with Crippen LogP contribution in [-0.4, -0.2) is 48.3 Å². The average molecular weight is 424 g/mol. The van der Waals surface area contributed by atoms with Crippen molar-refractivity contribution in [3.63, 3.8) is 0 Å². The number of carbonyl (C=O) groups is 1. The number of nitrogens with zero attached hydrogens (tertiary/aromatic N) is 2. The van der Waals surface area contributed by atoms with Gasteiger partial charge in [-0.05, 0) is 37.5 Å². The number of hydroxylamine groups is 1. The largest absolute Gasteiger partial charge is 0.438 e. The number of benzene rings is 1. The SMILES string of the molecule is CCCC[C@H](CNO)C(=O)N1CCC[C@H]1c1nc2cc(S(=O)(=O)CC)ccc2o1. The van der Waals surface area contributed by atoms with Crippen molar-refractivity contribution < 1.29 is 22.8 Å². The molecule has 0 spiro atoms. The fourth-order valence-corrected chi connectivity index (χ4v) is 4.72. The first kappa shape index (κ1) is 21.7. The van der Waals surface area contributed by atoms with Gasteiger partial charge in [0.1, 0.15) is 11.6 Å². The lowest BCUT2D eigenvalue weighted by Gasteiger charge is -2.27. The topological polar surface area (TPSA) is 113 Å². The minimum Gasteiger partial charge on any atom is -0.438 e. The van der Waals surface area contributed by atoms with Gasteiger partial charge >= 0.3 is 0 Å². The molecule has 8 nitrogen and oxygen atoms in total. The van der Waals surface area contributed by atoms with E-state index in [1.165, 1.54) is 12.1 Å². The monoisotopic (exact) mass is 423 g/mol. The predicted octanol–water partition coefficient (Wildman–Crippen LogP) is 3.07. The zero-order valence-electron chi connectivity index (χ0n) is 16.9. The van der Waals surface area contributed by atoms with Gasteiger partial charge < -0.3 is 14.5 Å². The Morgan fingerprint density at radius 1 is 1.41 bits per heavy atom. The average Bonchev–Trinajstić information content (AvgIpc) is 3.36.